The molecule has 31 heavy (non-hydrogen) atoms. The summed E-state index contributed by atoms with van der Waals surface area (Å²) in [6.45, 7) is 6.40. The zero-order valence-corrected chi connectivity index (χ0v) is 17.5. The number of fused-ring (bicyclic) bond motifs is 1. The lowest BCUT2D eigenvalue weighted by molar-refractivity contribution is 0.637. The van der Waals surface area contributed by atoms with Crippen molar-refractivity contribution in [3.8, 4) is 6.07 Å². The number of hydrogen-bond donors (Lipinski definition) is 3. The molecule has 0 spiro atoms. The Morgan fingerprint density at radius 1 is 1.06 bits per heavy atom. The van der Waals surface area contributed by atoms with Crippen LogP contribution in [-0.2, 0) is 6.42 Å². The predicted molar refractivity (Wildman–Crippen MR) is 119 cm³/mol. The summed E-state index contributed by atoms with van der Waals surface area (Å²) in [5.41, 5.74) is 4.19. The summed E-state index contributed by atoms with van der Waals surface area (Å²) < 4.78 is 14.2. The molecular formula is C23H22FN7. The Labute approximate surface area is 179 Å². The number of anilines is 3. The van der Waals surface area contributed by atoms with Gasteiger partial charge in [0.05, 0.1) is 17.1 Å². The highest BCUT2D eigenvalue weighted by atomic mass is 19.1. The first kappa shape index (κ1) is 20.3. The van der Waals surface area contributed by atoms with E-state index in [1.54, 1.807) is 24.4 Å². The van der Waals surface area contributed by atoms with Crippen molar-refractivity contribution < 1.29 is 4.39 Å². The molecule has 7 nitrogen and oxygen atoms in total. The summed E-state index contributed by atoms with van der Waals surface area (Å²) in [5, 5.41) is 16.4. The summed E-state index contributed by atoms with van der Waals surface area (Å²) in [5.74, 6) is 2.16. The molecule has 0 bridgehead atoms. The number of nitriles is 1. The second-order valence-electron chi connectivity index (χ2n) is 7.37. The fourth-order valence-corrected chi connectivity index (χ4v) is 3.69. The predicted octanol–water partition coefficient (Wildman–Crippen LogP) is 4.69. The van der Waals surface area contributed by atoms with Gasteiger partial charge in [0.25, 0.3) is 0 Å². The van der Waals surface area contributed by atoms with Gasteiger partial charge in [-0.1, -0.05) is 6.07 Å². The third-order valence-electron chi connectivity index (χ3n) is 5.09. The van der Waals surface area contributed by atoms with Crippen LogP contribution in [0.1, 0.15) is 28.2 Å². The molecule has 0 aliphatic rings. The van der Waals surface area contributed by atoms with Crippen molar-refractivity contribution in [3.05, 3.63) is 70.6 Å². The van der Waals surface area contributed by atoms with Crippen LogP contribution in [0.15, 0.2) is 36.5 Å². The maximum absolute atomic E-state index is 14.2. The van der Waals surface area contributed by atoms with Gasteiger partial charge in [-0.2, -0.15) is 5.26 Å². The van der Waals surface area contributed by atoms with E-state index in [1.165, 1.54) is 6.07 Å². The quantitative estimate of drug-likeness (QED) is 0.422. The molecule has 0 saturated heterocycles. The highest BCUT2D eigenvalue weighted by Gasteiger charge is 2.14. The zero-order chi connectivity index (χ0) is 22.0. The molecule has 3 heterocycles. The van der Waals surface area contributed by atoms with Crippen LogP contribution in [-0.4, -0.2) is 26.5 Å². The minimum Gasteiger partial charge on any atom is -0.370 e. The minimum absolute atomic E-state index is 0.237. The lowest BCUT2D eigenvalue weighted by atomic mass is 10.0. The number of aromatic amines is 1. The van der Waals surface area contributed by atoms with Crippen LogP contribution >= 0.6 is 0 Å². The van der Waals surface area contributed by atoms with Crippen LogP contribution in [0.25, 0.3) is 10.9 Å². The van der Waals surface area contributed by atoms with E-state index in [0.29, 0.717) is 47.3 Å². The fraction of sp³-hybridized carbons (Fsp3) is 0.217. The number of nitrogens with one attached hydrogen (secondary N) is 3. The number of aryl methyl sites for hydroxylation is 3. The van der Waals surface area contributed by atoms with Crippen molar-refractivity contribution >= 4 is 28.4 Å². The van der Waals surface area contributed by atoms with Gasteiger partial charge in [0, 0.05) is 29.9 Å². The first-order chi connectivity index (χ1) is 14.9. The molecule has 0 fully saturated rings. The van der Waals surface area contributed by atoms with Crippen LogP contribution in [0.5, 0.6) is 0 Å². The van der Waals surface area contributed by atoms with E-state index in [2.05, 4.69) is 36.6 Å². The van der Waals surface area contributed by atoms with Crippen LogP contribution < -0.4 is 10.6 Å². The van der Waals surface area contributed by atoms with E-state index >= 15 is 0 Å². The van der Waals surface area contributed by atoms with Gasteiger partial charge in [-0.3, -0.25) is 0 Å². The van der Waals surface area contributed by atoms with Crippen LogP contribution in [0.2, 0.25) is 0 Å². The maximum atomic E-state index is 14.2. The molecule has 4 aromatic rings. The summed E-state index contributed by atoms with van der Waals surface area (Å²) in [7, 11) is 0. The van der Waals surface area contributed by atoms with Crippen LogP contribution in [0.4, 0.5) is 21.8 Å². The Morgan fingerprint density at radius 2 is 1.87 bits per heavy atom. The highest BCUT2D eigenvalue weighted by molar-refractivity contribution is 5.88. The largest absolute Gasteiger partial charge is 0.370 e. The van der Waals surface area contributed by atoms with Crippen LogP contribution in [0.3, 0.4) is 0 Å². The van der Waals surface area contributed by atoms with E-state index in [0.717, 1.165) is 22.2 Å². The first-order valence-corrected chi connectivity index (χ1v) is 9.93. The molecule has 156 valence electrons. The molecule has 4 rings (SSSR count). The number of rotatable bonds is 6. The molecule has 3 aromatic heterocycles. The van der Waals surface area contributed by atoms with Gasteiger partial charge in [0.2, 0.25) is 0 Å². The lowest BCUT2D eigenvalue weighted by Crippen LogP contribution is -2.09. The Kier molecular flexibility index (Phi) is 5.50. The number of nitrogens with zero attached hydrogens (tertiary/aromatic N) is 4. The molecule has 0 amide bonds. The molecule has 1 aromatic carbocycles. The van der Waals surface area contributed by atoms with Gasteiger partial charge >= 0.3 is 0 Å². The second kappa shape index (κ2) is 8.40. The van der Waals surface area contributed by atoms with Crippen molar-refractivity contribution in [1.82, 2.24) is 19.9 Å². The number of H-pyrrole nitrogens is 1. The van der Waals surface area contributed by atoms with Crippen molar-refractivity contribution in [3.63, 3.8) is 0 Å². The van der Waals surface area contributed by atoms with Gasteiger partial charge in [0.15, 0.2) is 0 Å². The van der Waals surface area contributed by atoms with E-state index in [4.69, 9.17) is 5.26 Å². The Bertz CT molecular complexity index is 1300. The molecule has 8 heteroatoms. The second-order valence-corrected chi connectivity index (χ2v) is 7.37. The molecule has 0 atom stereocenters. The Hall–Kier alpha value is -3.99. The monoisotopic (exact) mass is 415 g/mol. The molecule has 3 N–H and O–H groups in total. The van der Waals surface area contributed by atoms with E-state index < -0.39 is 0 Å². The minimum atomic E-state index is -0.237. The Morgan fingerprint density at radius 3 is 2.68 bits per heavy atom. The van der Waals surface area contributed by atoms with Gasteiger partial charge in [0.1, 0.15) is 29.1 Å². The lowest BCUT2D eigenvalue weighted by Gasteiger charge is -2.10. The number of benzene rings is 1. The van der Waals surface area contributed by atoms with Gasteiger partial charge < -0.3 is 15.6 Å². The summed E-state index contributed by atoms with van der Waals surface area (Å²) in [6, 6.07) is 10.5. The number of aromatic nitrogens is 4. The smallest absolute Gasteiger partial charge is 0.147 e. The number of pyridine rings is 1. The molecule has 0 unspecified atom stereocenters. The van der Waals surface area contributed by atoms with E-state index in [9.17, 15) is 4.39 Å². The number of halogens is 1. The molecule has 0 aliphatic carbocycles. The SMILES string of the molecule is Cc1nc(NCCc2c(C)[nH]c3c(F)ccc(C)c23)cc(Nc2cc(C#N)ccn2)n1. The average Bonchev–Trinajstić information content (AvgIpc) is 3.08. The first-order valence-electron chi connectivity index (χ1n) is 9.93. The summed E-state index contributed by atoms with van der Waals surface area (Å²) in [6.07, 6.45) is 2.29. The van der Waals surface area contributed by atoms with Crippen molar-refractivity contribution in [1.29, 1.82) is 5.26 Å². The zero-order valence-electron chi connectivity index (χ0n) is 17.5. The van der Waals surface area contributed by atoms with Gasteiger partial charge in [-0.25, -0.2) is 19.3 Å². The molecular weight excluding hydrogens is 393 g/mol. The molecule has 0 saturated carbocycles. The fourth-order valence-electron chi connectivity index (χ4n) is 3.69. The van der Waals surface area contributed by atoms with Gasteiger partial charge in [-0.05, 0) is 56.5 Å². The summed E-state index contributed by atoms with van der Waals surface area (Å²) in [4.78, 5) is 16.2. The van der Waals surface area contributed by atoms with Gasteiger partial charge in [-0.15, -0.1) is 0 Å². The van der Waals surface area contributed by atoms with Crippen molar-refractivity contribution in [2.24, 2.45) is 0 Å². The maximum Gasteiger partial charge on any atom is 0.147 e. The normalized spacial score (nSPS) is 10.8. The number of hydrogen-bond acceptors (Lipinski definition) is 6. The average molecular weight is 415 g/mol. The van der Waals surface area contributed by atoms with E-state index in [-0.39, 0.29) is 5.82 Å². The van der Waals surface area contributed by atoms with Crippen molar-refractivity contribution in [2.45, 2.75) is 27.2 Å². The topological polar surface area (TPSA) is 102 Å². The highest BCUT2D eigenvalue weighted by Crippen LogP contribution is 2.28. The van der Waals surface area contributed by atoms with Crippen LogP contribution in [0, 0.1) is 37.9 Å². The Balaban J connectivity index is 1.50. The molecule has 0 radical (unpaired) electrons. The molecule has 0 aliphatic heterocycles. The third-order valence-corrected chi connectivity index (χ3v) is 5.09. The van der Waals surface area contributed by atoms with Crippen molar-refractivity contribution in [2.75, 3.05) is 17.2 Å². The standard InChI is InChI=1S/C23H22FN7/c1-13-4-5-18(24)23-22(13)17(14(2)28-23)7-9-27-20-11-21(30-15(3)29-20)31-19-10-16(12-25)6-8-26-19/h4-6,8,10-11,28H,7,9H2,1-3H3,(H2,26,27,29,30,31). The van der Waals surface area contributed by atoms with E-state index in [1.807, 2.05) is 26.8 Å². The summed E-state index contributed by atoms with van der Waals surface area (Å²) >= 11 is 0. The third kappa shape index (κ3) is 4.31.